The standard InChI is InChI=1S/C26H20ClFN4O2/c1-15-8-13-20(14-21(15)27)32-16(2)22(23(29-26(32)33)17-6-4-3-5-7-17)25-30-24(31-34-25)18-9-11-19(28)12-10-18/h3-14,23H,1-2H3,(H,29,33). The number of carbonyl (C=O) groups is 1. The molecule has 1 aliphatic heterocycles. The van der Waals surface area contributed by atoms with Crippen LogP contribution < -0.4 is 10.2 Å². The number of allylic oxidation sites excluding steroid dienone is 1. The molecule has 0 saturated heterocycles. The maximum Gasteiger partial charge on any atom is 0.326 e. The summed E-state index contributed by atoms with van der Waals surface area (Å²) < 4.78 is 19.0. The molecule has 0 spiro atoms. The van der Waals surface area contributed by atoms with Crippen LogP contribution >= 0.6 is 11.6 Å². The summed E-state index contributed by atoms with van der Waals surface area (Å²) in [7, 11) is 0. The van der Waals surface area contributed by atoms with Gasteiger partial charge in [-0.2, -0.15) is 4.98 Å². The normalized spacial score (nSPS) is 16.1. The summed E-state index contributed by atoms with van der Waals surface area (Å²) in [6.07, 6.45) is 0. The van der Waals surface area contributed by atoms with E-state index in [1.54, 1.807) is 23.1 Å². The summed E-state index contributed by atoms with van der Waals surface area (Å²) >= 11 is 6.35. The van der Waals surface area contributed by atoms with Gasteiger partial charge in [-0.15, -0.1) is 0 Å². The number of nitrogens with one attached hydrogen (secondary N) is 1. The fourth-order valence-electron chi connectivity index (χ4n) is 4.00. The number of hydrogen-bond donors (Lipinski definition) is 1. The molecule has 0 saturated carbocycles. The first-order chi connectivity index (χ1) is 16.4. The zero-order valence-corrected chi connectivity index (χ0v) is 19.2. The largest absolute Gasteiger partial charge is 0.334 e. The number of benzene rings is 3. The molecule has 1 unspecified atom stereocenters. The van der Waals surface area contributed by atoms with E-state index in [-0.39, 0.29) is 17.7 Å². The summed E-state index contributed by atoms with van der Waals surface area (Å²) in [6.45, 7) is 3.73. The molecular formula is C26H20ClFN4O2. The highest BCUT2D eigenvalue weighted by Crippen LogP contribution is 2.39. The van der Waals surface area contributed by atoms with Crippen molar-refractivity contribution < 1.29 is 13.7 Å². The molecule has 1 aromatic heterocycles. The Labute approximate surface area is 200 Å². The quantitative estimate of drug-likeness (QED) is 0.364. The van der Waals surface area contributed by atoms with Crippen LogP contribution in [0.5, 0.6) is 0 Å². The number of anilines is 1. The van der Waals surface area contributed by atoms with Crippen molar-refractivity contribution in [1.29, 1.82) is 0 Å². The van der Waals surface area contributed by atoms with Crippen LogP contribution in [-0.2, 0) is 0 Å². The molecular weight excluding hydrogens is 455 g/mol. The van der Waals surface area contributed by atoms with Gasteiger partial charge < -0.3 is 9.84 Å². The molecule has 1 N–H and O–H groups in total. The predicted octanol–water partition coefficient (Wildman–Crippen LogP) is 6.54. The molecule has 0 radical (unpaired) electrons. The van der Waals surface area contributed by atoms with Gasteiger partial charge in [0.15, 0.2) is 0 Å². The Hall–Kier alpha value is -3.97. The monoisotopic (exact) mass is 474 g/mol. The van der Waals surface area contributed by atoms with Crippen molar-refractivity contribution >= 4 is 28.9 Å². The maximum absolute atomic E-state index is 13.4. The van der Waals surface area contributed by atoms with Gasteiger partial charge in [-0.25, -0.2) is 9.18 Å². The van der Waals surface area contributed by atoms with Gasteiger partial charge >= 0.3 is 6.03 Å². The lowest BCUT2D eigenvalue weighted by atomic mass is 9.94. The highest BCUT2D eigenvalue weighted by Gasteiger charge is 2.36. The fourth-order valence-corrected chi connectivity index (χ4v) is 4.17. The number of hydrogen-bond acceptors (Lipinski definition) is 4. The number of rotatable bonds is 4. The van der Waals surface area contributed by atoms with Crippen molar-refractivity contribution in [2.45, 2.75) is 19.9 Å². The van der Waals surface area contributed by atoms with Crippen molar-refractivity contribution in [3.05, 3.63) is 106 Å². The number of urea groups is 1. The molecule has 0 aliphatic carbocycles. The molecule has 4 aromatic rings. The van der Waals surface area contributed by atoms with Crippen LogP contribution in [0, 0.1) is 12.7 Å². The molecule has 0 fully saturated rings. The van der Waals surface area contributed by atoms with Crippen molar-refractivity contribution in [2.75, 3.05) is 4.90 Å². The van der Waals surface area contributed by atoms with Crippen LogP contribution in [0.2, 0.25) is 5.02 Å². The van der Waals surface area contributed by atoms with Crippen molar-refractivity contribution in [1.82, 2.24) is 15.5 Å². The molecule has 3 aromatic carbocycles. The number of nitrogens with zero attached hydrogens (tertiary/aromatic N) is 3. The van der Waals surface area contributed by atoms with Crippen LogP contribution in [0.15, 0.2) is 83.0 Å². The van der Waals surface area contributed by atoms with E-state index in [2.05, 4.69) is 15.5 Å². The summed E-state index contributed by atoms with van der Waals surface area (Å²) in [5.74, 6) is 0.232. The number of aromatic nitrogens is 2. The minimum atomic E-state index is -0.507. The fraction of sp³-hybridized carbons (Fsp3) is 0.115. The average molecular weight is 475 g/mol. The Kier molecular flexibility index (Phi) is 5.63. The van der Waals surface area contributed by atoms with Crippen LogP contribution in [0.4, 0.5) is 14.9 Å². The topological polar surface area (TPSA) is 71.3 Å². The number of aryl methyl sites for hydroxylation is 1. The Morgan fingerprint density at radius 2 is 1.76 bits per heavy atom. The zero-order valence-electron chi connectivity index (χ0n) is 18.4. The molecule has 0 bridgehead atoms. The smallest absolute Gasteiger partial charge is 0.326 e. The first-order valence-electron chi connectivity index (χ1n) is 10.6. The lowest BCUT2D eigenvalue weighted by molar-refractivity contribution is 0.244. The van der Waals surface area contributed by atoms with E-state index in [0.29, 0.717) is 33.4 Å². The molecule has 2 amide bonds. The molecule has 34 heavy (non-hydrogen) atoms. The minimum Gasteiger partial charge on any atom is -0.334 e. The third kappa shape index (κ3) is 3.95. The summed E-state index contributed by atoms with van der Waals surface area (Å²) in [6, 6.07) is 20.1. The Bertz CT molecular complexity index is 1400. The maximum atomic E-state index is 13.4. The van der Waals surface area contributed by atoms with E-state index in [1.165, 1.54) is 12.1 Å². The summed E-state index contributed by atoms with van der Waals surface area (Å²) in [4.78, 5) is 19.4. The van der Waals surface area contributed by atoms with Crippen LogP contribution in [0.1, 0.15) is 30.0 Å². The molecule has 8 heteroatoms. The van der Waals surface area contributed by atoms with Gasteiger partial charge in [0.1, 0.15) is 5.82 Å². The van der Waals surface area contributed by atoms with E-state index < -0.39 is 6.04 Å². The minimum absolute atomic E-state index is 0.258. The SMILES string of the molecule is CC1=C(c2nc(-c3ccc(F)cc3)no2)C(c2ccccc2)NC(=O)N1c1ccc(C)c(Cl)c1. The highest BCUT2D eigenvalue weighted by molar-refractivity contribution is 6.31. The predicted molar refractivity (Wildman–Crippen MR) is 129 cm³/mol. The zero-order chi connectivity index (χ0) is 23.8. The molecule has 1 aliphatic rings. The van der Waals surface area contributed by atoms with Crippen LogP contribution in [-0.4, -0.2) is 16.2 Å². The van der Waals surface area contributed by atoms with Gasteiger partial charge in [-0.3, -0.25) is 4.90 Å². The third-order valence-corrected chi connectivity index (χ3v) is 6.20. The van der Waals surface area contributed by atoms with Gasteiger partial charge in [-0.1, -0.05) is 53.2 Å². The lowest BCUT2D eigenvalue weighted by Gasteiger charge is -2.35. The van der Waals surface area contributed by atoms with E-state index in [0.717, 1.165) is 11.1 Å². The lowest BCUT2D eigenvalue weighted by Crippen LogP contribution is -2.46. The van der Waals surface area contributed by atoms with Gasteiger partial charge in [-0.05, 0) is 61.4 Å². The first-order valence-corrected chi connectivity index (χ1v) is 11.0. The first kappa shape index (κ1) is 21.9. The summed E-state index contributed by atoms with van der Waals surface area (Å²) in [5.41, 5.74) is 4.30. The highest BCUT2D eigenvalue weighted by atomic mass is 35.5. The number of carbonyl (C=O) groups excluding carboxylic acids is 1. The number of amides is 2. The Morgan fingerprint density at radius 3 is 2.47 bits per heavy atom. The van der Waals surface area contributed by atoms with Gasteiger partial charge in [0.25, 0.3) is 5.89 Å². The van der Waals surface area contributed by atoms with Crippen LogP contribution in [0.3, 0.4) is 0 Å². The van der Waals surface area contributed by atoms with Crippen molar-refractivity contribution in [3.63, 3.8) is 0 Å². The van der Waals surface area contributed by atoms with Crippen molar-refractivity contribution in [3.8, 4) is 11.4 Å². The van der Waals surface area contributed by atoms with E-state index in [4.69, 9.17) is 16.1 Å². The van der Waals surface area contributed by atoms with Gasteiger partial charge in [0.05, 0.1) is 17.3 Å². The van der Waals surface area contributed by atoms with E-state index in [9.17, 15) is 9.18 Å². The van der Waals surface area contributed by atoms with Gasteiger partial charge in [0.2, 0.25) is 5.82 Å². The second-order valence-electron chi connectivity index (χ2n) is 7.99. The Balaban J connectivity index is 1.65. The van der Waals surface area contributed by atoms with E-state index in [1.807, 2.05) is 56.3 Å². The molecule has 170 valence electrons. The number of halogens is 2. The summed E-state index contributed by atoms with van der Waals surface area (Å²) in [5, 5.41) is 7.72. The molecule has 6 nitrogen and oxygen atoms in total. The van der Waals surface area contributed by atoms with E-state index >= 15 is 0 Å². The Morgan fingerprint density at radius 1 is 1.03 bits per heavy atom. The third-order valence-electron chi connectivity index (χ3n) is 5.79. The molecule has 1 atom stereocenters. The average Bonchev–Trinajstić information content (AvgIpc) is 3.31. The second-order valence-corrected chi connectivity index (χ2v) is 8.40. The second kappa shape index (κ2) is 8.76. The van der Waals surface area contributed by atoms with Crippen molar-refractivity contribution in [2.24, 2.45) is 0 Å². The molecule has 5 rings (SSSR count). The molecule has 2 heterocycles. The van der Waals surface area contributed by atoms with Gasteiger partial charge in [0, 0.05) is 16.3 Å². The van der Waals surface area contributed by atoms with Crippen LogP contribution in [0.25, 0.3) is 17.0 Å².